The highest BCUT2D eigenvalue weighted by Crippen LogP contribution is 2.31. The molecule has 0 aliphatic carbocycles. The molecule has 0 N–H and O–H groups in total. The van der Waals surface area contributed by atoms with Crippen molar-refractivity contribution in [3.05, 3.63) is 70.8 Å². The molecule has 0 atom stereocenters. The van der Waals surface area contributed by atoms with Crippen molar-refractivity contribution in [2.45, 2.75) is 91.3 Å². The third kappa shape index (κ3) is 6.21. The SMILES string of the molecule is CC(C)c1ccccc1CC(C)(C)OC(C)(C)Cc1ccccc1C(C)C. The monoisotopic (exact) mass is 366 g/mol. The highest BCUT2D eigenvalue weighted by atomic mass is 16.5. The van der Waals surface area contributed by atoms with Gasteiger partial charge in [-0.2, -0.15) is 0 Å². The second-order valence-electron chi connectivity index (χ2n) is 9.68. The highest BCUT2D eigenvalue weighted by molar-refractivity contribution is 5.32. The van der Waals surface area contributed by atoms with Gasteiger partial charge >= 0.3 is 0 Å². The molecule has 0 aliphatic rings. The summed E-state index contributed by atoms with van der Waals surface area (Å²) >= 11 is 0. The Morgan fingerprint density at radius 2 is 0.963 bits per heavy atom. The van der Waals surface area contributed by atoms with Crippen molar-refractivity contribution in [1.82, 2.24) is 0 Å². The number of benzene rings is 2. The summed E-state index contributed by atoms with van der Waals surface area (Å²) in [4.78, 5) is 0. The van der Waals surface area contributed by atoms with E-state index in [2.05, 4.69) is 104 Å². The Balaban J connectivity index is 2.17. The minimum Gasteiger partial charge on any atom is -0.369 e. The molecule has 0 saturated carbocycles. The molecule has 0 saturated heterocycles. The van der Waals surface area contributed by atoms with Crippen molar-refractivity contribution in [3.63, 3.8) is 0 Å². The quantitative estimate of drug-likeness (QED) is 0.476. The molecular formula is C26H38O. The maximum Gasteiger partial charge on any atom is 0.0674 e. The lowest BCUT2D eigenvalue weighted by Gasteiger charge is -2.37. The maximum atomic E-state index is 6.70. The van der Waals surface area contributed by atoms with Crippen molar-refractivity contribution in [3.8, 4) is 0 Å². The topological polar surface area (TPSA) is 9.23 Å². The fourth-order valence-electron chi connectivity index (χ4n) is 4.25. The Labute approximate surface area is 167 Å². The van der Waals surface area contributed by atoms with Crippen LogP contribution in [0.15, 0.2) is 48.5 Å². The summed E-state index contributed by atoms with van der Waals surface area (Å²) in [7, 11) is 0. The third-order valence-electron chi connectivity index (χ3n) is 5.14. The molecule has 2 rings (SSSR count). The van der Waals surface area contributed by atoms with E-state index in [4.69, 9.17) is 4.74 Å². The number of rotatable bonds is 8. The number of hydrogen-bond acceptors (Lipinski definition) is 1. The summed E-state index contributed by atoms with van der Waals surface area (Å²) in [5.74, 6) is 1.06. The van der Waals surface area contributed by atoms with Crippen molar-refractivity contribution < 1.29 is 4.74 Å². The zero-order valence-corrected chi connectivity index (χ0v) is 18.6. The Kier molecular flexibility index (Phi) is 6.92. The first-order valence-corrected chi connectivity index (χ1v) is 10.4. The molecule has 0 bridgehead atoms. The van der Waals surface area contributed by atoms with Gasteiger partial charge in [0.15, 0.2) is 0 Å². The van der Waals surface area contributed by atoms with Gasteiger partial charge in [-0.25, -0.2) is 0 Å². The average Bonchev–Trinajstić information content (AvgIpc) is 2.53. The fourth-order valence-corrected chi connectivity index (χ4v) is 4.25. The van der Waals surface area contributed by atoms with E-state index in [0.29, 0.717) is 11.8 Å². The van der Waals surface area contributed by atoms with Crippen molar-refractivity contribution in [2.24, 2.45) is 0 Å². The molecule has 0 radical (unpaired) electrons. The van der Waals surface area contributed by atoms with Gasteiger partial charge in [0, 0.05) is 12.8 Å². The smallest absolute Gasteiger partial charge is 0.0674 e. The molecule has 1 nitrogen and oxygen atoms in total. The van der Waals surface area contributed by atoms with E-state index in [1.165, 1.54) is 22.3 Å². The van der Waals surface area contributed by atoms with Crippen molar-refractivity contribution >= 4 is 0 Å². The number of hydrogen-bond donors (Lipinski definition) is 0. The van der Waals surface area contributed by atoms with E-state index in [-0.39, 0.29) is 11.2 Å². The Bertz CT molecular complexity index is 674. The van der Waals surface area contributed by atoms with E-state index in [0.717, 1.165) is 12.8 Å². The lowest BCUT2D eigenvalue weighted by atomic mass is 9.87. The van der Waals surface area contributed by atoms with Crippen LogP contribution >= 0.6 is 0 Å². The standard InChI is InChI=1S/C26H38O/c1-19(2)23-15-11-9-13-21(23)17-25(5,6)27-26(7,8)18-22-14-10-12-16-24(22)20(3)4/h9-16,19-20H,17-18H2,1-8H3. The van der Waals surface area contributed by atoms with E-state index in [9.17, 15) is 0 Å². The highest BCUT2D eigenvalue weighted by Gasteiger charge is 2.31. The van der Waals surface area contributed by atoms with Gasteiger partial charge in [0.05, 0.1) is 11.2 Å². The van der Waals surface area contributed by atoms with Crippen LogP contribution < -0.4 is 0 Å². The lowest BCUT2D eigenvalue weighted by molar-refractivity contribution is -0.121. The summed E-state index contributed by atoms with van der Waals surface area (Å²) in [6, 6.07) is 17.6. The first-order chi connectivity index (χ1) is 12.5. The summed E-state index contributed by atoms with van der Waals surface area (Å²) in [5.41, 5.74) is 5.21. The van der Waals surface area contributed by atoms with E-state index < -0.39 is 0 Å². The molecule has 1 heteroatoms. The summed E-state index contributed by atoms with van der Waals surface area (Å²) in [6.07, 6.45) is 1.85. The van der Waals surface area contributed by atoms with Crippen molar-refractivity contribution in [1.29, 1.82) is 0 Å². The van der Waals surface area contributed by atoms with Gasteiger partial charge in [0.25, 0.3) is 0 Å². The summed E-state index contributed by atoms with van der Waals surface area (Å²) in [5, 5.41) is 0. The zero-order valence-electron chi connectivity index (χ0n) is 18.6. The zero-order chi connectivity index (χ0) is 20.2. The van der Waals surface area contributed by atoms with Gasteiger partial charge in [0.2, 0.25) is 0 Å². The summed E-state index contributed by atoms with van der Waals surface area (Å²) in [6.45, 7) is 17.9. The molecule has 0 aliphatic heterocycles. The molecule has 2 aromatic rings. The van der Waals surface area contributed by atoms with Crippen LogP contribution in [0.2, 0.25) is 0 Å². The minimum absolute atomic E-state index is 0.221. The van der Waals surface area contributed by atoms with Gasteiger partial charge in [-0.05, 0) is 61.8 Å². The van der Waals surface area contributed by atoms with Gasteiger partial charge in [0.1, 0.15) is 0 Å². The fraction of sp³-hybridized carbons (Fsp3) is 0.538. The van der Waals surface area contributed by atoms with E-state index in [1.54, 1.807) is 0 Å². The second-order valence-corrected chi connectivity index (χ2v) is 9.68. The molecule has 0 spiro atoms. The van der Waals surface area contributed by atoms with Gasteiger partial charge in [-0.15, -0.1) is 0 Å². The molecule has 0 aromatic heterocycles. The van der Waals surface area contributed by atoms with Crippen molar-refractivity contribution in [2.75, 3.05) is 0 Å². The first-order valence-electron chi connectivity index (χ1n) is 10.4. The van der Waals surface area contributed by atoms with Gasteiger partial charge < -0.3 is 4.74 Å². The molecule has 2 aromatic carbocycles. The van der Waals surface area contributed by atoms with E-state index in [1.807, 2.05) is 0 Å². The Morgan fingerprint density at radius 3 is 1.30 bits per heavy atom. The van der Waals surface area contributed by atoms with Crippen LogP contribution in [0.1, 0.15) is 89.5 Å². The van der Waals surface area contributed by atoms with Crippen LogP contribution in [-0.2, 0) is 17.6 Å². The summed E-state index contributed by atoms with van der Waals surface area (Å²) < 4.78 is 6.70. The molecular weight excluding hydrogens is 328 g/mol. The van der Waals surface area contributed by atoms with Crippen LogP contribution in [0.5, 0.6) is 0 Å². The van der Waals surface area contributed by atoms with Crippen LogP contribution in [0.25, 0.3) is 0 Å². The van der Waals surface area contributed by atoms with Gasteiger partial charge in [-0.1, -0.05) is 76.2 Å². The third-order valence-corrected chi connectivity index (χ3v) is 5.14. The van der Waals surface area contributed by atoms with Gasteiger partial charge in [-0.3, -0.25) is 0 Å². The average molecular weight is 367 g/mol. The largest absolute Gasteiger partial charge is 0.369 e. The normalized spacial score (nSPS) is 12.8. The molecule has 0 heterocycles. The van der Waals surface area contributed by atoms with E-state index >= 15 is 0 Å². The molecule has 0 amide bonds. The second kappa shape index (κ2) is 8.61. The van der Waals surface area contributed by atoms with Crippen LogP contribution in [0, 0.1) is 0 Å². The molecule has 27 heavy (non-hydrogen) atoms. The first kappa shape index (κ1) is 21.7. The molecule has 0 fully saturated rings. The maximum absolute atomic E-state index is 6.70. The lowest BCUT2D eigenvalue weighted by Crippen LogP contribution is -2.40. The predicted octanol–water partition coefficient (Wildman–Crippen LogP) is 7.29. The van der Waals surface area contributed by atoms with Crippen LogP contribution in [0.3, 0.4) is 0 Å². The minimum atomic E-state index is -0.221. The Morgan fingerprint density at radius 1 is 0.630 bits per heavy atom. The molecule has 148 valence electrons. The molecule has 0 unspecified atom stereocenters. The predicted molar refractivity (Wildman–Crippen MR) is 118 cm³/mol. The van der Waals surface area contributed by atoms with Crippen LogP contribution in [0.4, 0.5) is 0 Å². The van der Waals surface area contributed by atoms with Crippen LogP contribution in [-0.4, -0.2) is 11.2 Å². The Hall–Kier alpha value is -1.60. The number of ether oxygens (including phenoxy) is 1.